The van der Waals surface area contributed by atoms with Gasteiger partial charge < -0.3 is 48.1 Å². The average Bonchev–Trinajstić information content (AvgIpc) is 2.90. The van der Waals surface area contributed by atoms with Gasteiger partial charge in [0.15, 0.2) is 0 Å². The van der Waals surface area contributed by atoms with E-state index in [1.54, 1.807) is 0 Å². The molecule has 0 heterocycles. The Labute approximate surface area is 278 Å². The first-order valence-electron chi connectivity index (χ1n) is 16.3. The molecule has 0 spiro atoms. The van der Waals surface area contributed by atoms with Crippen molar-refractivity contribution < 1.29 is 49.5 Å². The van der Waals surface area contributed by atoms with Gasteiger partial charge in [-0.2, -0.15) is 0 Å². The van der Waals surface area contributed by atoms with Crippen molar-refractivity contribution >= 4 is 29.8 Å². The summed E-state index contributed by atoms with van der Waals surface area (Å²) in [6.07, 6.45) is 22.9. The van der Waals surface area contributed by atoms with E-state index in [2.05, 4.69) is 12.2 Å². The standard InChI is InChI=1S/C18H39N.C4H13N3.5C2H4O2/c1-2-3-4-5-6-7-8-9-10-11-12-13-14-15-16-17-18-19;5-1-3-7-4-2-6;5*1-2(3)4/h2-19H2,1H3;7H,1-6H2;5*1H3,(H,3,4). The maximum Gasteiger partial charge on any atom is 0.300 e. The maximum atomic E-state index is 9.00. The normalized spacial score (nSPS) is 8.72. The summed E-state index contributed by atoms with van der Waals surface area (Å²) in [5, 5.41) is 40.1. The summed E-state index contributed by atoms with van der Waals surface area (Å²) >= 11 is 0. The molecule has 0 rings (SSSR count). The highest BCUT2D eigenvalue weighted by Crippen LogP contribution is 2.13. The van der Waals surface area contributed by atoms with Crippen molar-refractivity contribution in [1.82, 2.24) is 5.32 Å². The van der Waals surface area contributed by atoms with Gasteiger partial charge in [-0.05, 0) is 13.0 Å². The quantitative estimate of drug-likeness (QED) is 0.0756. The van der Waals surface area contributed by atoms with Crippen molar-refractivity contribution in [2.75, 3.05) is 32.7 Å². The van der Waals surface area contributed by atoms with Crippen molar-refractivity contribution in [2.45, 2.75) is 144 Å². The molecule has 0 aliphatic heterocycles. The number of carbonyl (C=O) groups is 5. The molecule has 46 heavy (non-hydrogen) atoms. The van der Waals surface area contributed by atoms with Gasteiger partial charge in [0.05, 0.1) is 0 Å². The lowest BCUT2D eigenvalue weighted by Crippen LogP contribution is -2.27. The van der Waals surface area contributed by atoms with Crippen LogP contribution in [0.25, 0.3) is 0 Å². The SMILES string of the molecule is CC(=O)O.CC(=O)O.CC(=O)O.CC(=O)O.CC(=O)O.CCCCCCCCCCCCCCCCCCN.NCCNCCN. The lowest BCUT2D eigenvalue weighted by atomic mass is 10.0. The molecule has 0 aliphatic rings. The van der Waals surface area contributed by atoms with Crippen LogP contribution in [0.15, 0.2) is 0 Å². The molecule has 14 nitrogen and oxygen atoms in total. The predicted molar refractivity (Wildman–Crippen MR) is 186 cm³/mol. The van der Waals surface area contributed by atoms with E-state index < -0.39 is 29.8 Å². The van der Waals surface area contributed by atoms with Crippen LogP contribution in [-0.4, -0.2) is 88.1 Å². The van der Waals surface area contributed by atoms with E-state index in [1.165, 1.54) is 103 Å². The number of carboxylic acids is 5. The summed E-state index contributed by atoms with van der Waals surface area (Å²) < 4.78 is 0. The third-order valence-corrected chi connectivity index (χ3v) is 4.70. The van der Waals surface area contributed by atoms with Crippen molar-refractivity contribution in [3.8, 4) is 0 Å². The van der Waals surface area contributed by atoms with E-state index in [4.69, 9.17) is 66.7 Å². The van der Waals surface area contributed by atoms with Gasteiger partial charge in [0.2, 0.25) is 0 Å². The van der Waals surface area contributed by atoms with Gasteiger partial charge in [-0.1, -0.05) is 103 Å². The van der Waals surface area contributed by atoms with Gasteiger partial charge >= 0.3 is 0 Å². The van der Waals surface area contributed by atoms with Crippen LogP contribution in [0.4, 0.5) is 0 Å². The van der Waals surface area contributed by atoms with Gasteiger partial charge in [-0.25, -0.2) is 0 Å². The molecular formula is C32H72N4O10. The highest BCUT2D eigenvalue weighted by molar-refractivity contribution is 5.63. The number of nitrogens with one attached hydrogen (secondary N) is 1. The lowest BCUT2D eigenvalue weighted by Gasteiger charge is -2.03. The van der Waals surface area contributed by atoms with Gasteiger partial charge in [0.25, 0.3) is 29.8 Å². The summed E-state index contributed by atoms with van der Waals surface area (Å²) in [6.45, 7) is 11.7. The molecule has 12 N–H and O–H groups in total. The summed E-state index contributed by atoms with van der Waals surface area (Å²) in [7, 11) is 0. The number of unbranched alkanes of at least 4 members (excludes halogenated alkanes) is 15. The maximum absolute atomic E-state index is 9.00. The lowest BCUT2D eigenvalue weighted by molar-refractivity contribution is -0.135. The van der Waals surface area contributed by atoms with E-state index in [0.29, 0.717) is 13.1 Å². The zero-order valence-corrected chi connectivity index (χ0v) is 29.9. The molecule has 0 aromatic carbocycles. The Morgan fingerprint density at radius 1 is 0.391 bits per heavy atom. The molecule has 0 aromatic rings. The molecule has 0 saturated carbocycles. The summed E-state index contributed by atoms with van der Waals surface area (Å²) in [5.41, 5.74) is 15.8. The van der Waals surface area contributed by atoms with E-state index in [-0.39, 0.29) is 0 Å². The number of nitrogens with two attached hydrogens (primary N) is 3. The van der Waals surface area contributed by atoms with E-state index in [9.17, 15) is 0 Å². The predicted octanol–water partition coefficient (Wildman–Crippen LogP) is 5.15. The number of carboxylic acid groups (broad SMARTS) is 5. The fourth-order valence-corrected chi connectivity index (χ4v) is 3.02. The summed E-state index contributed by atoms with van der Waals surface area (Å²) in [5.74, 6) is -4.17. The molecule has 0 amide bonds. The van der Waals surface area contributed by atoms with Crippen molar-refractivity contribution in [3.63, 3.8) is 0 Å². The van der Waals surface area contributed by atoms with Gasteiger partial charge in [0.1, 0.15) is 0 Å². The molecule has 0 radical (unpaired) electrons. The van der Waals surface area contributed by atoms with Crippen molar-refractivity contribution in [3.05, 3.63) is 0 Å². The molecule has 0 atom stereocenters. The van der Waals surface area contributed by atoms with Gasteiger partial charge in [0, 0.05) is 60.8 Å². The third-order valence-electron chi connectivity index (χ3n) is 4.70. The third kappa shape index (κ3) is 225. The number of hydrogen-bond donors (Lipinski definition) is 9. The van der Waals surface area contributed by atoms with Gasteiger partial charge in [-0.3, -0.25) is 24.0 Å². The largest absolute Gasteiger partial charge is 0.481 e. The van der Waals surface area contributed by atoms with Crippen LogP contribution in [0.1, 0.15) is 144 Å². The highest BCUT2D eigenvalue weighted by Gasteiger charge is 1.94. The van der Waals surface area contributed by atoms with Crippen molar-refractivity contribution in [1.29, 1.82) is 0 Å². The first-order chi connectivity index (χ1) is 21.5. The Hall–Kier alpha value is -2.81. The Bertz CT molecular complexity index is 516. The zero-order valence-electron chi connectivity index (χ0n) is 29.9. The molecule has 0 bridgehead atoms. The van der Waals surface area contributed by atoms with Crippen LogP contribution in [-0.2, 0) is 24.0 Å². The second-order valence-corrected chi connectivity index (χ2v) is 10.0. The molecule has 0 unspecified atom stereocenters. The van der Waals surface area contributed by atoms with Crippen LogP contribution < -0.4 is 22.5 Å². The van der Waals surface area contributed by atoms with Crippen molar-refractivity contribution in [2.24, 2.45) is 17.2 Å². The van der Waals surface area contributed by atoms with Gasteiger partial charge in [-0.15, -0.1) is 0 Å². The molecule has 0 aromatic heterocycles. The smallest absolute Gasteiger partial charge is 0.300 e. The highest BCUT2D eigenvalue weighted by atomic mass is 16.4. The molecule has 280 valence electrons. The Morgan fingerprint density at radius 3 is 0.717 bits per heavy atom. The topological polar surface area (TPSA) is 277 Å². The minimum atomic E-state index is -0.833. The van der Waals surface area contributed by atoms with E-state index in [0.717, 1.165) is 54.3 Å². The summed E-state index contributed by atoms with van der Waals surface area (Å²) in [4.78, 5) is 45.0. The molecule has 0 fully saturated rings. The number of hydrogen-bond acceptors (Lipinski definition) is 9. The average molecular weight is 673 g/mol. The second kappa shape index (κ2) is 61.2. The minimum absolute atomic E-state index is 0.694. The molecular weight excluding hydrogens is 600 g/mol. The first kappa shape index (κ1) is 58.7. The van der Waals surface area contributed by atoms with Crippen LogP contribution >= 0.6 is 0 Å². The van der Waals surface area contributed by atoms with Crippen LogP contribution in [0, 0.1) is 0 Å². The molecule has 14 heteroatoms. The Kier molecular flexibility index (Phi) is 78.1. The number of rotatable bonds is 20. The van der Waals surface area contributed by atoms with Crippen LogP contribution in [0.3, 0.4) is 0 Å². The second-order valence-electron chi connectivity index (χ2n) is 10.0. The minimum Gasteiger partial charge on any atom is -0.481 e. The molecule has 0 aliphatic carbocycles. The monoisotopic (exact) mass is 673 g/mol. The van der Waals surface area contributed by atoms with Crippen LogP contribution in [0.5, 0.6) is 0 Å². The fraction of sp³-hybridized carbons (Fsp3) is 0.844. The number of aliphatic carboxylic acids is 5. The fourth-order valence-electron chi connectivity index (χ4n) is 3.02. The van der Waals surface area contributed by atoms with E-state index in [1.807, 2.05) is 0 Å². The Morgan fingerprint density at radius 2 is 0.565 bits per heavy atom. The Balaban J connectivity index is -0.0000000919. The summed E-state index contributed by atoms with van der Waals surface area (Å²) in [6, 6.07) is 0. The van der Waals surface area contributed by atoms with Crippen LogP contribution in [0.2, 0.25) is 0 Å². The molecule has 0 saturated heterocycles. The zero-order chi connectivity index (χ0) is 37.4. The van der Waals surface area contributed by atoms with E-state index >= 15 is 0 Å². The first-order valence-corrected chi connectivity index (χ1v) is 16.3.